The molecule has 2 N–H and O–H groups in total. The number of rotatable bonds is 7. The molecule has 4 heteroatoms. The molecule has 21 heavy (non-hydrogen) atoms. The predicted octanol–water partition coefficient (Wildman–Crippen LogP) is 2.89. The molecule has 1 aliphatic carbocycles. The summed E-state index contributed by atoms with van der Waals surface area (Å²) in [7, 11) is 1.67. The van der Waals surface area contributed by atoms with Crippen LogP contribution >= 0.6 is 0 Å². The third-order valence-electron chi connectivity index (χ3n) is 4.76. The average Bonchev–Trinajstić information content (AvgIpc) is 2.41. The van der Waals surface area contributed by atoms with Crippen LogP contribution in [-0.2, 0) is 9.53 Å². The van der Waals surface area contributed by atoms with Crippen LogP contribution in [0.2, 0.25) is 0 Å². The number of amides is 1. The van der Waals surface area contributed by atoms with Crippen molar-refractivity contribution in [2.75, 3.05) is 20.3 Å². The Labute approximate surface area is 129 Å². The van der Waals surface area contributed by atoms with Crippen LogP contribution in [0.5, 0.6) is 0 Å². The van der Waals surface area contributed by atoms with E-state index >= 15 is 0 Å². The zero-order valence-electron chi connectivity index (χ0n) is 14.2. The molecule has 1 saturated carbocycles. The molecule has 0 unspecified atom stereocenters. The highest BCUT2D eigenvalue weighted by Gasteiger charge is 2.37. The van der Waals surface area contributed by atoms with Crippen molar-refractivity contribution in [1.82, 2.24) is 5.32 Å². The standard InChI is InChI=1S/C17H33NO3/c1-16(2,3)14-8-10-17(20,11-9-14)13-18-15(19)7-5-6-12-21-4/h14,20H,5-13H2,1-4H3,(H,18,19). The summed E-state index contributed by atoms with van der Waals surface area (Å²) in [6, 6.07) is 0. The van der Waals surface area contributed by atoms with Gasteiger partial charge >= 0.3 is 0 Å². The van der Waals surface area contributed by atoms with Crippen LogP contribution in [0, 0.1) is 11.3 Å². The van der Waals surface area contributed by atoms with Gasteiger partial charge in [-0.3, -0.25) is 4.79 Å². The largest absolute Gasteiger partial charge is 0.388 e. The van der Waals surface area contributed by atoms with Gasteiger partial charge in [0.15, 0.2) is 0 Å². The lowest BCUT2D eigenvalue weighted by atomic mass is 9.68. The molecule has 0 aromatic rings. The first-order valence-corrected chi connectivity index (χ1v) is 8.25. The highest BCUT2D eigenvalue weighted by molar-refractivity contribution is 5.75. The van der Waals surface area contributed by atoms with E-state index in [1.165, 1.54) is 0 Å². The quantitative estimate of drug-likeness (QED) is 0.711. The van der Waals surface area contributed by atoms with Gasteiger partial charge < -0.3 is 15.2 Å². The summed E-state index contributed by atoms with van der Waals surface area (Å²) in [5.41, 5.74) is -0.393. The molecule has 1 fully saturated rings. The maximum atomic E-state index is 11.8. The Balaban J connectivity index is 2.24. The van der Waals surface area contributed by atoms with Gasteiger partial charge in [0.25, 0.3) is 0 Å². The molecule has 0 aromatic carbocycles. The number of carbonyl (C=O) groups excluding carboxylic acids is 1. The molecule has 0 radical (unpaired) electrons. The fourth-order valence-corrected chi connectivity index (χ4v) is 3.08. The Hall–Kier alpha value is -0.610. The van der Waals surface area contributed by atoms with Gasteiger partial charge in [0.2, 0.25) is 5.91 Å². The Kier molecular flexibility index (Phi) is 7.14. The van der Waals surface area contributed by atoms with Crippen molar-refractivity contribution in [3.05, 3.63) is 0 Å². The van der Waals surface area contributed by atoms with Gasteiger partial charge in [-0.1, -0.05) is 20.8 Å². The van der Waals surface area contributed by atoms with Crippen LogP contribution < -0.4 is 5.32 Å². The summed E-state index contributed by atoms with van der Waals surface area (Å²) in [6.07, 6.45) is 5.93. The molecule has 124 valence electrons. The van der Waals surface area contributed by atoms with Crippen molar-refractivity contribution in [3.63, 3.8) is 0 Å². The van der Waals surface area contributed by atoms with Crippen LogP contribution in [0.25, 0.3) is 0 Å². The molecule has 0 spiro atoms. The highest BCUT2D eigenvalue weighted by Crippen LogP contribution is 2.41. The van der Waals surface area contributed by atoms with E-state index in [-0.39, 0.29) is 5.91 Å². The summed E-state index contributed by atoms with van der Waals surface area (Å²) in [6.45, 7) is 7.90. The first-order chi connectivity index (χ1) is 9.77. The molecular formula is C17H33NO3. The van der Waals surface area contributed by atoms with E-state index in [1.807, 2.05) is 0 Å². The third-order valence-corrected chi connectivity index (χ3v) is 4.76. The SMILES string of the molecule is COCCCCC(=O)NCC1(O)CCC(C(C)(C)C)CC1. The van der Waals surface area contributed by atoms with Crippen molar-refractivity contribution in [2.24, 2.45) is 11.3 Å². The van der Waals surface area contributed by atoms with E-state index < -0.39 is 5.60 Å². The van der Waals surface area contributed by atoms with E-state index in [1.54, 1.807) is 7.11 Å². The fraction of sp³-hybridized carbons (Fsp3) is 0.941. The lowest BCUT2D eigenvalue weighted by molar-refractivity contribution is -0.123. The molecular weight excluding hydrogens is 266 g/mol. The molecule has 1 aliphatic rings. The lowest BCUT2D eigenvalue weighted by Gasteiger charge is -2.41. The minimum Gasteiger partial charge on any atom is -0.388 e. The van der Waals surface area contributed by atoms with Crippen LogP contribution in [0.4, 0.5) is 0 Å². The van der Waals surface area contributed by atoms with Gasteiger partial charge in [-0.25, -0.2) is 0 Å². The topological polar surface area (TPSA) is 58.6 Å². The minimum atomic E-state index is -0.704. The van der Waals surface area contributed by atoms with Crippen LogP contribution in [-0.4, -0.2) is 36.9 Å². The second-order valence-corrected chi connectivity index (χ2v) is 7.59. The van der Waals surface area contributed by atoms with E-state index in [4.69, 9.17) is 4.74 Å². The second kappa shape index (κ2) is 8.14. The van der Waals surface area contributed by atoms with Crippen molar-refractivity contribution in [3.8, 4) is 0 Å². The zero-order chi connectivity index (χ0) is 15.9. The maximum Gasteiger partial charge on any atom is 0.220 e. The Bertz CT molecular complexity index is 314. The Morgan fingerprint density at radius 2 is 1.90 bits per heavy atom. The van der Waals surface area contributed by atoms with Crippen molar-refractivity contribution < 1.29 is 14.6 Å². The van der Waals surface area contributed by atoms with Gasteiger partial charge in [-0.05, 0) is 49.9 Å². The van der Waals surface area contributed by atoms with Gasteiger partial charge in [0, 0.05) is 26.7 Å². The Morgan fingerprint density at radius 3 is 2.43 bits per heavy atom. The van der Waals surface area contributed by atoms with Gasteiger partial charge in [0.05, 0.1) is 5.60 Å². The smallest absolute Gasteiger partial charge is 0.220 e. The second-order valence-electron chi connectivity index (χ2n) is 7.59. The normalized spacial score (nSPS) is 26.6. The molecule has 0 atom stereocenters. The van der Waals surface area contributed by atoms with Crippen molar-refractivity contribution >= 4 is 5.91 Å². The van der Waals surface area contributed by atoms with Crippen LogP contribution in [0.3, 0.4) is 0 Å². The number of nitrogens with one attached hydrogen (secondary N) is 1. The molecule has 0 saturated heterocycles. The van der Waals surface area contributed by atoms with Gasteiger partial charge in [0.1, 0.15) is 0 Å². The fourth-order valence-electron chi connectivity index (χ4n) is 3.08. The molecule has 4 nitrogen and oxygen atoms in total. The number of aliphatic hydroxyl groups is 1. The number of carbonyl (C=O) groups is 1. The average molecular weight is 299 g/mol. The third kappa shape index (κ3) is 6.79. The molecule has 0 aromatic heterocycles. The molecule has 1 rings (SSSR count). The summed E-state index contributed by atoms with van der Waals surface area (Å²) in [5, 5.41) is 13.5. The minimum absolute atomic E-state index is 0.0393. The predicted molar refractivity (Wildman–Crippen MR) is 85.1 cm³/mol. The first kappa shape index (κ1) is 18.4. The van der Waals surface area contributed by atoms with Gasteiger partial charge in [-0.2, -0.15) is 0 Å². The van der Waals surface area contributed by atoms with E-state index in [2.05, 4.69) is 26.1 Å². The molecule has 0 bridgehead atoms. The first-order valence-electron chi connectivity index (χ1n) is 8.25. The van der Waals surface area contributed by atoms with Crippen LogP contribution in [0.1, 0.15) is 65.7 Å². The van der Waals surface area contributed by atoms with Crippen molar-refractivity contribution in [2.45, 2.75) is 71.3 Å². The number of methoxy groups -OCH3 is 1. The number of ether oxygens (including phenoxy) is 1. The van der Waals surface area contributed by atoms with E-state index in [9.17, 15) is 9.90 Å². The lowest BCUT2D eigenvalue weighted by Crippen LogP contribution is -2.46. The van der Waals surface area contributed by atoms with E-state index in [0.717, 1.165) is 38.5 Å². The molecule has 1 amide bonds. The summed E-state index contributed by atoms with van der Waals surface area (Å²) in [4.78, 5) is 11.8. The summed E-state index contributed by atoms with van der Waals surface area (Å²) >= 11 is 0. The molecule has 0 heterocycles. The number of hydrogen-bond acceptors (Lipinski definition) is 3. The Morgan fingerprint density at radius 1 is 1.29 bits per heavy atom. The molecule has 0 aliphatic heterocycles. The highest BCUT2D eigenvalue weighted by atomic mass is 16.5. The number of hydrogen-bond donors (Lipinski definition) is 2. The summed E-state index contributed by atoms with van der Waals surface area (Å²) in [5.74, 6) is 0.708. The van der Waals surface area contributed by atoms with Crippen LogP contribution in [0.15, 0.2) is 0 Å². The van der Waals surface area contributed by atoms with Gasteiger partial charge in [-0.15, -0.1) is 0 Å². The number of unbranched alkanes of at least 4 members (excludes halogenated alkanes) is 1. The monoisotopic (exact) mass is 299 g/mol. The van der Waals surface area contributed by atoms with Crippen molar-refractivity contribution in [1.29, 1.82) is 0 Å². The zero-order valence-corrected chi connectivity index (χ0v) is 14.2. The maximum absolute atomic E-state index is 11.8. The summed E-state index contributed by atoms with van der Waals surface area (Å²) < 4.78 is 4.96. The van der Waals surface area contributed by atoms with E-state index in [0.29, 0.717) is 30.9 Å².